The van der Waals surface area contributed by atoms with Gasteiger partial charge >= 0.3 is 0 Å². The van der Waals surface area contributed by atoms with Crippen LogP contribution in [0.1, 0.15) is 12.8 Å². The summed E-state index contributed by atoms with van der Waals surface area (Å²) in [5.41, 5.74) is 0. The van der Waals surface area contributed by atoms with E-state index in [2.05, 4.69) is 0 Å². The molecule has 0 N–H and O–H groups in total. The van der Waals surface area contributed by atoms with Gasteiger partial charge < -0.3 is 4.74 Å². The Morgan fingerprint density at radius 3 is 1.97 bits per heavy atom. The fourth-order valence-corrected chi connectivity index (χ4v) is 7.11. The summed E-state index contributed by atoms with van der Waals surface area (Å²) in [7, 11) is -7.41. The summed E-state index contributed by atoms with van der Waals surface area (Å²) in [6.07, 6.45) is 1.14. The summed E-state index contributed by atoms with van der Waals surface area (Å²) >= 11 is 0. The molecule has 8 heteroatoms. The lowest BCUT2D eigenvalue weighted by atomic mass is 10.3. The van der Waals surface area contributed by atoms with Gasteiger partial charge in [0.25, 0.3) is 0 Å². The fourth-order valence-electron chi connectivity index (χ4n) is 3.71. The molecule has 0 amide bonds. The predicted octanol–water partition coefficient (Wildman–Crippen LogP) is 4.11. The van der Waals surface area contributed by atoms with Gasteiger partial charge in [0.2, 0.25) is 10.0 Å². The molecule has 1 aliphatic heterocycles. The Balaban J connectivity index is 1.52. The zero-order valence-electron chi connectivity index (χ0n) is 16.8. The van der Waals surface area contributed by atoms with Crippen LogP contribution in [-0.2, 0) is 19.9 Å². The van der Waals surface area contributed by atoms with Crippen LogP contribution in [0.15, 0.2) is 94.7 Å². The molecule has 1 saturated heterocycles. The molecule has 31 heavy (non-hydrogen) atoms. The molecule has 1 unspecified atom stereocenters. The summed E-state index contributed by atoms with van der Waals surface area (Å²) in [6.45, 7) is 0.305. The van der Waals surface area contributed by atoms with Gasteiger partial charge in [-0.3, -0.25) is 0 Å². The van der Waals surface area contributed by atoms with Crippen LogP contribution in [0.3, 0.4) is 0 Å². The summed E-state index contributed by atoms with van der Waals surface area (Å²) < 4.78 is 59.0. The molecule has 0 aromatic heterocycles. The highest BCUT2D eigenvalue weighted by molar-refractivity contribution is 7.91. The molecule has 1 fully saturated rings. The highest BCUT2D eigenvalue weighted by Crippen LogP contribution is 2.30. The van der Waals surface area contributed by atoms with E-state index in [9.17, 15) is 16.8 Å². The molecule has 3 aromatic carbocycles. The zero-order chi connectivity index (χ0) is 21.9. The van der Waals surface area contributed by atoms with Crippen LogP contribution in [-0.4, -0.2) is 39.5 Å². The summed E-state index contributed by atoms with van der Waals surface area (Å²) in [6, 6.07) is 23.0. The van der Waals surface area contributed by atoms with Crippen molar-refractivity contribution in [1.29, 1.82) is 0 Å². The monoisotopic (exact) mass is 457 g/mol. The molecular formula is C23H23NO5S2. The van der Waals surface area contributed by atoms with E-state index < -0.39 is 25.9 Å². The molecule has 0 saturated carbocycles. The second-order valence-corrected chi connectivity index (χ2v) is 11.3. The topological polar surface area (TPSA) is 80.8 Å². The highest BCUT2D eigenvalue weighted by atomic mass is 32.2. The van der Waals surface area contributed by atoms with Crippen molar-refractivity contribution < 1.29 is 21.6 Å². The molecule has 6 nitrogen and oxygen atoms in total. The van der Waals surface area contributed by atoms with Gasteiger partial charge in [0.15, 0.2) is 9.84 Å². The molecule has 0 radical (unpaired) electrons. The second kappa shape index (κ2) is 8.82. The van der Waals surface area contributed by atoms with Gasteiger partial charge in [-0.2, -0.15) is 4.31 Å². The van der Waals surface area contributed by atoms with Gasteiger partial charge in [-0.25, -0.2) is 16.8 Å². The maximum absolute atomic E-state index is 13.2. The number of sulfonamides is 1. The first-order valence-electron chi connectivity index (χ1n) is 9.99. The maximum atomic E-state index is 13.2. The molecule has 162 valence electrons. The van der Waals surface area contributed by atoms with Crippen LogP contribution in [0.5, 0.6) is 11.5 Å². The van der Waals surface area contributed by atoms with Crippen LogP contribution in [0.25, 0.3) is 0 Å². The van der Waals surface area contributed by atoms with E-state index in [0.29, 0.717) is 30.9 Å². The first kappa shape index (κ1) is 21.5. The zero-order valence-corrected chi connectivity index (χ0v) is 18.4. The number of hydrogen-bond acceptors (Lipinski definition) is 5. The average molecular weight is 458 g/mol. The largest absolute Gasteiger partial charge is 0.457 e. The fraction of sp³-hybridized carbons (Fsp3) is 0.217. The van der Waals surface area contributed by atoms with Crippen LogP contribution >= 0.6 is 0 Å². The quantitative estimate of drug-likeness (QED) is 0.533. The second-order valence-electron chi connectivity index (χ2n) is 7.39. The lowest BCUT2D eigenvalue weighted by Gasteiger charge is -2.24. The molecule has 0 bridgehead atoms. The lowest BCUT2D eigenvalue weighted by Crippen LogP contribution is -2.39. The Morgan fingerprint density at radius 1 is 0.742 bits per heavy atom. The number of hydrogen-bond donors (Lipinski definition) is 0. The van der Waals surface area contributed by atoms with Gasteiger partial charge in [-0.1, -0.05) is 36.4 Å². The molecule has 0 aliphatic carbocycles. The van der Waals surface area contributed by atoms with Crippen molar-refractivity contribution in [2.45, 2.75) is 28.7 Å². The Kier molecular flexibility index (Phi) is 6.13. The van der Waals surface area contributed by atoms with Crippen LogP contribution in [0, 0.1) is 0 Å². The van der Waals surface area contributed by atoms with Crippen molar-refractivity contribution in [3.63, 3.8) is 0 Å². The third kappa shape index (κ3) is 4.81. The summed E-state index contributed by atoms with van der Waals surface area (Å²) in [5.74, 6) is 0.949. The number of sulfone groups is 1. The van der Waals surface area contributed by atoms with Crippen molar-refractivity contribution in [1.82, 2.24) is 4.31 Å². The number of benzene rings is 3. The third-order valence-electron chi connectivity index (χ3n) is 5.25. The van der Waals surface area contributed by atoms with Gasteiger partial charge in [0.1, 0.15) is 11.5 Å². The highest BCUT2D eigenvalue weighted by Gasteiger charge is 2.38. The number of nitrogens with zero attached hydrogens (tertiary/aromatic N) is 1. The molecular weight excluding hydrogens is 434 g/mol. The lowest BCUT2D eigenvalue weighted by molar-refractivity contribution is 0.407. The average Bonchev–Trinajstić information content (AvgIpc) is 3.24. The molecule has 3 aromatic rings. The van der Waals surface area contributed by atoms with Crippen molar-refractivity contribution in [2.75, 3.05) is 12.3 Å². The predicted molar refractivity (Wildman–Crippen MR) is 118 cm³/mol. The minimum Gasteiger partial charge on any atom is -0.457 e. The molecule has 0 spiro atoms. The summed E-state index contributed by atoms with van der Waals surface area (Å²) in [4.78, 5) is 0.332. The molecule has 1 heterocycles. The normalized spacial score (nSPS) is 17.5. The maximum Gasteiger partial charge on any atom is 0.243 e. The third-order valence-corrected chi connectivity index (χ3v) is 9.03. The van der Waals surface area contributed by atoms with E-state index in [1.165, 1.54) is 28.6 Å². The van der Waals surface area contributed by atoms with Gasteiger partial charge in [0.05, 0.1) is 15.5 Å². The van der Waals surface area contributed by atoms with E-state index in [-0.39, 0.29) is 15.5 Å². The Labute approximate surface area is 183 Å². The Morgan fingerprint density at radius 2 is 1.32 bits per heavy atom. The van der Waals surface area contributed by atoms with Gasteiger partial charge in [-0.15, -0.1) is 0 Å². The van der Waals surface area contributed by atoms with E-state index in [1.54, 1.807) is 30.3 Å². The number of para-hydroxylation sites is 1. The van der Waals surface area contributed by atoms with Crippen molar-refractivity contribution >= 4 is 19.9 Å². The molecule has 1 atom stereocenters. The van der Waals surface area contributed by atoms with Crippen LogP contribution in [0.4, 0.5) is 0 Å². The number of rotatable bonds is 7. The van der Waals surface area contributed by atoms with E-state index in [0.717, 1.165) is 0 Å². The minimum atomic E-state index is -3.82. The van der Waals surface area contributed by atoms with E-state index in [4.69, 9.17) is 4.74 Å². The van der Waals surface area contributed by atoms with E-state index in [1.807, 2.05) is 30.3 Å². The first-order valence-corrected chi connectivity index (χ1v) is 13.1. The van der Waals surface area contributed by atoms with Gasteiger partial charge in [-0.05, 0) is 61.4 Å². The minimum absolute atomic E-state index is 0.122. The SMILES string of the molecule is O=S(=O)(CC1CCCN1S(=O)(=O)c1ccc(Oc2ccccc2)cc1)c1ccccc1. The standard InChI is InChI=1S/C23H23NO5S2/c25-30(26,22-11-5-2-6-12-22)18-19-8-7-17-24(19)31(27,28)23-15-13-21(14-16-23)29-20-9-3-1-4-10-20/h1-6,9-16,19H,7-8,17-18H2. The summed E-state index contributed by atoms with van der Waals surface area (Å²) in [5, 5.41) is 0. The van der Waals surface area contributed by atoms with Crippen LogP contribution < -0.4 is 4.74 Å². The van der Waals surface area contributed by atoms with E-state index >= 15 is 0 Å². The van der Waals surface area contributed by atoms with Crippen molar-refractivity contribution in [2.24, 2.45) is 0 Å². The first-order chi connectivity index (χ1) is 14.9. The van der Waals surface area contributed by atoms with Crippen LogP contribution in [0.2, 0.25) is 0 Å². The van der Waals surface area contributed by atoms with Gasteiger partial charge in [0, 0.05) is 12.6 Å². The molecule has 4 rings (SSSR count). The smallest absolute Gasteiger partial charge is 0.243 e. The molecule has 1 aliphatic rings. The van der Waals surface area contributed by atoms with Crippen molar-refractivity contribution in [3.8, 4) is 11.5 Å². The Hall–Kier alpha value is -2.68. The Bertz CT molecular complexity index is 1230. The van der Waals surface area contributed by atoms with Crippen molar-refractivity contribution in [3.05, 3.63) is 84.9 Å². The number of ether oxygens (including phenoxy) is 1.